The van der Waals surface area contributed by atoms with Crippen molar-refractivity contribution in [3.05, 3.63) is 76.2 Å². The topological polar surface area (TPSA) is 55.1 Å². The van der Waals surface area contributed by atoms with E-state index in [0.717, 1.165) is 11.1 Å². The van der Waals surface area contributed by atoms with E-state index in [2.05, 4.69) is 10.3 Å². The van der Waals surface area contributed by atoms with Crippen molar-refractivity contribution in [3.8, 4) is 11.3 Å². The van der Waals surface area contributed by atoms with E-state index in [4.69, 9.17) is 27.6 Å². The first-order valence-electron chi connectivity index (χ1n) is 8.27. The van der Waals surface area contributed by atoms with Gasteiger partial charge >= 0.3 is 0 Å². The van der Waals surface area contributed by atoms with Gasteiger partial charge in [-0.25, -0.2) is 4.98 Å². The molecule has 1 heterocycles. The largest absolute Gasteiger partial charge is 0.441 e. The number of rotatable bonds is 6. The second kappa shape index (κ2) is 8.39. The lowest BCUT2D eigenvalue weighted by Crippen LogP contribution is -2.26. The predicted molar refractivity (Wildman–Crippen MR) is 103 cm³/mol. The van der Waals surface area contributed by atoms with E-state index in [9.17, 15) is 4.79 Å². The van der Waals surface area contributed by atoms with Crippen LogP contribution in [0, 0.1) is 0 Å². The molecule has 3 rings (SSSR count). The van der Waals surface area contributed by atoms with Crippen molar-refractivity contribution in [1.29, 1.82) is 0 Å². The molecule has 1 aromatic heterocycles. The monoisotopic (exact) mass is 388 g/mol. The van der Waals surface area contributed by atoms with Crippen LogP contribution in [0.15, 0.2) is 59.1 Å². The van der Waals surface area contributed by atoms with Gasteiger partial charge in [0.2, 0.25) is 5.91 Å². The minimum absolute atomic E-state index is 0.0649. The first-order chi connectivity index (χ1) is 12.5. The molecule has 4 nitrogen and oxygen atoms in total. The molecule has 0 aliphatic carbocycles. The van der Waals surface area contributed by atoms with E-state index in [1.165, 1.54) is 0 Å². The Bertz CT molecular complexity index is 891. The third-order valence-electron chi connectivity index (χ3n) is 4.01. The van der Waals surface area contributed by atoms with Gasteiger partial charge in [0.05, 0.1) is 17.3 Å². The fourth-order valence-corrected chi connectivity index (χ4v) is 2.94. The van der Waals surface area contributed by atoms with Gasteiger partial charge in [0.25, 0.3) is 0 Å². The second-order valence-corrected chi connectivity index (χ2v) is 6.78. The van der Waals surface area contributed by atoms with Gasteiger partial charge in [-0.05, 0) is 36.8 Å². The van der Waals surface area contributed by atoms with Crippen LogP contribution in [0.25, 0.3) is 11.3 Å². The number of benzene rings is 2. The van der Waals surface area contributed by atoms with E-state index in [1.807, 2.05) is 49.4 Å². The molecular weight excluding hydrogens is 371 g/mol. The molecule has 0 saturated carbocycles. The molecular formula is C20H18Cl2N2O2. The molecule has 0 radical (unpaired) electrons. The van der Waals surface area contributed by atoms with Crippen LogP contribution in [0.4, 0.5) is 0 Å². The molecule has 1 atom stereocenters. The highest BCUT2D eigenvalue weighted by atomic mass is 35.5. The summed E-state index contributed by atoms with van der Waals surface area (Å²) in [6.45, 7) is 1.93. The normalized spacial score (nSPS) is 12.0. The summed E-state index contributed by atoms with van der Waals surface area (Å²) in [4.78, 5) is 16.4. The molecule has 0 aliphatic rings. The smallest absolute Gasteiger partial charge is 0.220 e. The Morgan fingerprint density at radius 3 is 2.62 bits per heavy atom. The summed E-state index contributed by atoms with van der Waals surface area (Å²) < 4.78 is 5.71. The number of aromatic nitrogens is 1. The van der Waals surface area contributed by atoms with E-state index in [0.29, 0.717) is 34.5 Å². The van der Waals surface area contributed by atoms with Gasteiger partial charge < -0.3 is 9.73 Å². The third kappa shape index (κ3) is 4.65. The van der Waals surface area contributed by atoms with Crippen LogP contribution >= 0.6 is 23.2 Å². The zero-order valence-corrected chi connectivity index (χ0v) is 15.7. The van der Waals surface area contributed by atoms with Gasteiger partial charge in [0.15, 0.2) is 11.7 Å². The van der Waals surface area contributed by atoms with Crippen molar-refractivity contribution >= 4 is 29.1 Å². The highest BCUT2D eigenvalue weighted by molar-refractivity contribution is 6.33. The molecule has 26 heavy (non-hydrogen) atoms. The average Bonchev–Trinajstić information content (AvgIpc) is 3.09. The molecule has 1 N–H and O–H groups in total. The van der Waals surface area contributed by atoms with Gasteiger partial charge in [-0.2, -0.15) is 0 Å². The zero-order valence-electron chi connectivity index (χ0n) is 14.2. The maximum atomic E-state index is 12.2. The number of aryl methyl sites for hydroxylation is 1. The maximum Gasteiger partial charge on any atom is 0.220 e. The Balaban J connectivity index is 1.55. The number of carbonyl (C=O) groups is 1. The summed E-state index contributed by atoms with van der Waals surface area (Å²) in [5.74, 6) is 1.04. The van der Waals surface area contributed by atoms with Crippen molar-refractivity contribution < 1.29 is 9.21 Å². The average molecular weight is 389 g/mol. The summed E-state index contributed by atoms with van der Waals surface area (Å²) in [5.41, 5.74) is 1.79. The Hall–Kier alpha value is -2.30. The molecule has 0 bridgehead atoms. The van der Waals surface area contributed by atoms with Crippen LogP contribution in [0.1, 0.15) is 30.8 Å². The number of hydrogen-bond acceptors (Lipinski definition) is 3. The minimum Gasteiger partial charge on any atom is -0.441 e. The number of nitrogens with zero attached hydrogens (tertiary/aromatic N) is 1. The van der Waals surface area contributed by atoms with Crippen molar-refractivity contribution in [3.63, 3.8) is 0 Å². The van der Waals surface area contributed by atoms with Crippen molar-refractivity contribution in [1.82, 2.24) is 10.3 Å². The van der Waals surface area contributed by atoms with Gasteiger partial charge in [-0.3, -0.25) is 4.79 Å². The summed E-state index contributed by atoms with van der Waals surface area (Å²) in [6, 6.07) is 14.7. The first-order valence-corrected chi connectivity index (χ1v) is 9.03. The highest BCUT2D eigenvalue weighted by Crippen LogP contribution is 2.28. The summed E-state index contributed by atoms with van der Waals surface area (Å²) in [6.07, 6.45) is 2.34. The molecule has 2 aromatic carbocycles. The third-order valence-corrected chi connectivity index (χ3v) is 4.59. The highest BCUT2D eigenvalue weighted by Gasteiger charge is 2.13. The van der Waals surface area contributed by atoms with Crippen LogP contribution in [-0.2, 0) is 11.2 Å². The van der Waals surface area contributed by atoms with Gasteiger partial charge in [-0.15, -0.1) is 0 Å². The van der Waals surface area contributed by atoms with Crippen LogP contribution in [0.3, 0.4) is 0 Å². The SMILES string of the molecule is C[C@H](NC(=O)CCc1ncc(-c2ccccc2Cl)o1)c1ccc(Cl)cc1. The van der Waals surface area contributed by atoms with Crippen LogP contribution in [0.2, 0.25) is 10.0 Å². The Morgan fingerprint density at radius 2 is 1.88 bits per heavy atom. The van der Waals surface area contributed by atoms with Crippen LogP contribution in [-0.4, -0.2) is 10.9 Å². The summed E-state index contributed by atoms with van der Waals surface area (Å²) >= 11 is 12.0. The Morgan fingerprint density at radius 1 is 1.15 bits per heavy atom. The van der Waals surface area contributed by atoms with E-state index in [1.54, 1.807) is 12.3 Å². The van der Waals surface area contributed by atoms with E-state index < -0.39 is 0 Å². The Labute approximate surface area is 162 Å². The molecule has 6 heteroatoms. The van der Waals surface area contributed by atoms with Crippen molar-refractivity contribution in [2.75, 3.05) is 0 Å². The lowest BCUT2D eigenvalue weighted by atomic mass is 10.1. The fraction of sp³-hybridized carbons (Fsp3) is 0.200. The number of oxazole rings is 1. The molecule has 0 spiro atoms. The fourth-order valence-electron chi connectivity index (χ4n) is 2.58. The Kier molecular flexibility index (Phi) is 5.96. The predicted octanol–water partition coefficient (Wildman–Crippen LogP) is 5.46. The zero-order chi connectivity index (χ0) is 18.5. The molecule has 3 aromatic rings. The number of carbonyl (C=O) groups excluding carboxylic acids is 1. The van der Waals surface area contributed by atoms with Gasteiger partial charge in [0, 0.05) is 23.4 Å². The van der Waals surface area contributed by atoms with Crippen LogP contribution in [0.5, 0.6) is 0 Å². The van der Waals surface area contributed by atoms with Crippen LogP contribution < -0.4 is 5.32 Å². The van der Waals surface area contributed by atoms with E-state index in [-0.39, 0.29) is 11.9 Å². The molecule has 0 fully saturated rings. The molecule has 0 saturated heterocycles. The molecule has 0 aliphatic heterocycles. The summed E-state index contributed by atoms with van der Waals surface area (Å²) in [7, 11) is 0. The molecule has 0 unspecified atom stereocenters. The lowest BCUT2D eigenvalue weighted by molar-refractivity contribution is -0.121. The quantitative estimate of drug-likeness (QED) is 0.609. The van der Waals surface area contributed by atoms with Crippen molar-refractivity contribution in [2.45, 2.75) is 25.8 Å². The minimum atomic E-state index is -0.0944. The number of amides is 1. The lowest BCUT2D eigenvalue weighted by Gasteiger charge is -2.14. The number of hydrogen-bond donors (Lipinski definition) is 1. The number of halogens is 2. The van der Waals surface area contributed by atoms with Gasteiger partial charge in [0.1, 0.15) is 0 Å². The van der Waals surface area contributed by atoms with Gasteiger partial charge in [-0.1, -0.05) is 47.5 Å². The van der Waals surface area contributed by atoms with Crippen molar-refractivity contribution in [2.24, 2.45) is 0 Å². The first kappa shape index (κ1) is 18.5. The standard InChI is InChI=1S/C20H18Cl2N2O2/c1-13(14-6-8-15(21)9-7-14)24-19(25)10-11-20-23-12-18(26-20)16-4-2-3-5-17(16)22/h2-9,12-13H,10-11H2,1H3,(H,24,25)/t13-/m0/s1. The second-order valence-electron chi connectivity index (χ2n) is 5.94. The molecule has 1 amide bonds. The maximum absolute atomic E-state index is 12.2. The number of nitrogens with one attached hydrogen (secondary N) is 1. The molecule has 134 valence electrons. The summed E-state index contributed by atoms with van der Waals surface area (Å²) in [5, 5.41) is 4.23. The van der Waals surface area contributed by atoms with E-state index >= 15 is 0 Å².